The first kappa shape index (κ1) is 20.9. The van der Waals surface area contributed by atoms with Crippen LogP contribution in [0.1, 0.15) is 29.7 Å². The van der Waals surface area contributed by atoms with Gasteiger partial charge in [-0.05, 0) is 43.0 Å². The van der Waals surface area contributed by atoms with Crippen LogP contribution in [0, 0.1) is 0 Å². The summed E-state index contributed by atoms with van der Waals surface area (Å²) in [4.78, 5) is 27.5. The molecule has 3 aromatic heterocycles. The number of thiophene rings is 1. The number of aromatic amines is 1. The average molecular weight is 463 g/mol. The third-order valence-electron chi connectivity index (χ3n) is 6.81. The molecule has 2 amide bonds. The van der Waals surface area contributed by atoms with Crippen molar-refractivity contribution in [3.8, 4) is 10.4 Å². The monoisotopic (exact) mass is 462 g/mol. The lowest BCUT2D eigenvalue weighted by Gasteiger charge is -2.26. The molecule has 0 spiro atoms. The number of fused-ring (bicyclic) bond motifs is 1. The van der Waals surface area contributed by atoms with Gasteiger partial charge in [-0.25, -0.2) is 9.78 Å². The van der Waals surface area contributed by atoms with Crippen molar-refractivity contribution in [1.82, 2.24) is 30.4 Å². The van der Waals surface area contributed by atoms with Gasteiger partial charge in [0.15, 0.2) is 0 Å². The Morgan fingerprint density at radius 3 is 2.88 bits per heavy atom. The zero-order valence-electron chi connectivity index (χ0n) is 18.8. The van der Waals surface area contributed by atoms with Gasteiger partial charge in [0.25, 0.3) is 0 Å². The predicted molar refractivity (Wildman–Crippen MR) is 133 cm³/mol. The number of piperazine rings is 1. The molecule has 2 fully saturated rings. The summed E-state index contributed by atoms with van der Waals surface area (Å²) in [6.07, 6.45) is 9.34. The van der Waals surface area contributed by atoms with Gasteiger partial charge in [0.05, 0.1) is 0 Å². The van der Waals surface area contributed by atoms with Crippen LogP contribution in [0.4, 0.5) is 4.79 Å². The molecular weight excluding hydrogens is 432 g/mol. The molecule has 0 unspecified atom stereocenters. The number of nitrogens with one attached hydrogen (secondary N) is 3. The van der Waals surface area contributed by atoms with E-state index in [4.69, 9.17) is 4.98 Å². The molecule has 8 heteroatoms. The Hall–Kier alpha value is -2.68. The van der Waals surface area contributed by atoms with Gasteiger partial charge < -0.3 is 20.5 Å². The van der Waals surface area contributed by atoms with Gasteiger partial charge in [-0.15, -0.1) is 11.3 Å². The average Bonchev–Trinajstić information content (AvgIpc) is 3.37. The van der Waals surface area contributed by atoms with E-state index in [2.05, 4.69) is 51.0 Å². The van der Waals surface area contributed by atoms with Crippen molar-refractivity contribution >= 4 is 34.0 Å². The van der Waals surface area contributed by atoms with Gasteiger partial charge >= 0.3 is 6.03 Å². The maximum Gasteiger partial charge on any atom is 0.317 e. The first-order valence-electron chi connectivity index (χ1n) is 12.0. The summed E-state index contributed by atoms with van der Waals surface area (Å²) in [5.41, 5.74) is 4.59. The highest BCUT2D eigenvalue weighted by Crippen LogP contribution is 2.34. The van der Waals surface area contributed by atoms with Gasteiger partial charge in [-0.2, -0.15) is 0 Å². The molecule has 0 radical (unpaired) electrons. The van der Waals surface area contributed by atoms with E-state index in [0.717, 1.165) is 69.6 Å². The molecule has 1 aliphatic carbocycles. The number of carbonyl (C=O) groups excluding carboxylic acids is 1. The molecule has 3 aromatic rings. The Balaban J connectivity index is 1.19. The summed E-state index contributed by atoms with van der Waals surface area (Å²) < 4.78 is 0. The van der Waals surface area contributed by atoms with Crippen molar-refractivity contribution in [2.24, 2.45) is 0 Å². The van der Waals surface area contributed by atoms with E-state index in [9.17, 15) is 4.79 Å². The quantitative estimate of drug-likeness (QED) is 0.541. The minimum atomic E-state index is 0.0741. The number of rotatable bonds is 5. The zero-order valence-corrected chi connectivity index (χ0v) is 19.6. The Morgan fingerprint density at radius 2 is 2.09 bits per heavy atom. The molecule has 0 atom stereocenters. The number of carbonyl (C=O) groups is 1. The van der Waals surface area contributed by atoms with Crippen LogP contribution in [0.15, 0.2) is 36.7 Å². The van der Waals surface area contributed by atoms with Crippen LogP contribution in [0.25, 0.3) is 27.0 Å². The van der Waals surface area contributed by atoms with Crippen molar-refractivity contribution in [2.75, 3.05) is 39.3 Å². The number of hydrogen-bond acceptors (Lipinski definition) is 5. The number of urea groups is 1. The molecule has 2 aliphatic heterocycles. The third-order valence-corrected chi connectivity index (χ3v) is 7.93. The number of aromatic nitrogens is 2. The number of pyridine rings is 1. The van der Waals surface area contributed by atoms with E-state index < -0.39 is 0 Å². The topological polar surface area (TPSA) is 76.3 Å². The van der Waals surface area contributed by atoms with Crippen LogP contribution in [0.2, 0.25) is 0 Å². The second-order valence-corrected chi connectivity index (χ2v) is 10.4. The minimum absolute atomic E-state index is 0.0741. The fourth-order valence-electron chi connectivity index (χ4n) is 4.70. The molecular formula is C25H30N6OS. The highest BCUT2D eigenvalue weighted by atomic mass is 32.1. The summed E-state index contributed by atoms with van der Waals surface area (Å²) in [5, 5.41) is 7.67. The van der Waals surface area contributed by atoms with Gasteiger partial charge in [0.2, 0.25) is 0 Å². The summed E-state index contributed by atoms with van der Waals surface area (Å²) in [5.74, 6) is 0. The van der Waals surface area contributed by atoms with Gasteiger partial charge in [-0.3, -0.25) is 4.90 Å². The molecule has 7 nitrogen and oxygen atoms in total. The molecule has 6 rings (SSSR count). The van der Waals surface area contributed by atoms with E-state index >= 15 is 0 Å². The normalized spacial score (nSPS) is 19.6. The minimum Gasteiger partial charge on any atom is -0.346 e. The summed E-state index contributed by atoms with van der Waals surface area (Å²) >= 11 is 1.87. The predicted octanol–water partition coefficient (Wildman–Crippen LogP) is 3.66. The fourth-order valence-corrected chi connectivity index (χ4v) is 5.73. The standard InChI is InChI=1S/C25H30N6OS/c32-25(29-19-1-2-19)31-9-5-17(6-10-31)22-15-28-24-21(22)13-18(14-27-24)23-4-3-20(33-23)16-30-11-7-26-8-12-30/h3-5,13-15,19,26H,1-2,6-12,16H2,(H,27,28)(H,29,32). The summed E-state index contributed by atoms with van der Waals surface area (Å²) in [6.45, 7) is 6.82. The van der Waals surface area contributed by atoms with Crippen LogP contribution in [0.5, 0.6) is 0 Å². The number of nitrogens with zero attached hydrogens (tertiary/aromatic N) is 3. The van der Waals surface area contributed by atoms with Crippen molar-refractivity contribution in [3.63, 3.8) is 0 Å². The molecule has 172 valence electrons. The molecule has 33 heavy (non-hydrogen) atoms. The number of H-pyrrole nitrogens is 1. The molecule has 5 heterocycles. The van der Waals surface area contributed by atoms with E-state index in [1.807, 2.05) is 22.4 Å². The lowest BCUT2D eigenvalue weighted by molar-refractivity contribution is 0.202. The largest absolute Gasteiger partial charge is 0.346 e. The van der Waals surface area contributed by atoms with Gasteiger partial charge in [0, 0.05) is 90.5 Å². The van der Waals surface area contributed by atoms with Crippen LogP contribution < -0.4 is 10.6 Å². The van der Waals surface area contributed by atoms with Crippen LogP contribution in [-0.2, 0) is 6.54 Å². The second-order valence-electron chi connectivity index (χ2n) is 9.26. The van der Waals surface area contributed by atoms with E-state index in [-0.39, 0.29) is 6.03 Å². The van der Waals surface area contributed by atoms with Crippen molar-refractivity contribution in [3.05, 3.63) is 47.1 Å². The Bertz CT molecular complexity index is 1190. The van der Waals surface area contributed by atoms with Crippen LogP contribution in [-0.4, -0.2) is 71.1 Å². The maximum atomic E-state index is 12.3. The van der Waals surface area contributed by atoms with E-state index in [1.165, 1.54) is 26.5 Å². The smallest absolute Gasteiger partial charge is 0.317 e. The van der Waals surface area contributed by atoms with Crippen LogP contribution in [0.3, 0.4) is 0 Å². The number of amides is 2. The fraction of sp³-hybridized carbons (Fsp3) is 0.440. The van der Waals surface area contributed by atoms with E-state index in [0.29, 0.717) is 12.6 Å². The molecule has 0 bridgehead atoms. The molecule has 1 saturated heterocycles. The first-order chi connectivity index (χ1) is 16.2. The molecule has 1 saturated carbocycles. The molecule has 3 N–H and O–H groups in total. The second kappa shape index (κ2) is 8.93. The molecule has 3 aliphatic rings. The van der Waals surface area contributed by atoms with E-state index in [1.54, 1.807) is 0 Å². The maximum absolute atomic E-state index is 12.3. The lowest BCUT2D eigenvalue weighted by atomic mass is 9.99. The first-order valence-corrected chi connectivity index (χ1v) is 12.8. The van der Waals surface area contributed by atoms with Gasteiger partial charge in [-0.1, -0.05) is 6.08 Å². The Morgan fingerprint density at radius 1 is 1.21 bits per heavy atom. The van der Waals surface area contributed by atoms with Crippen molar-refractivity contribution in [2.45, 2.75) is 31.8 Å². The number of hydrogen-bond donors (Lipinski definition) is 3. The van der Waals surface area contributed by atoms with Crippen molar-refractivity contribution in [1.29, 1.82) is 0 Å². The lowest BCUT2D eigenvalue weighted by Crippen LogP contribution is -2.42. The highest BCUT2D eigenvalue weighted by molar-refractivity contribution is 7.15. The zero-order chi connectivity index (χ0) is 22.2. The van der Waals surface area contributed by atoms with Gasteiger partial charge in [0.1, 0.15) is 5.65 Å². The summed E-state index contributed by atoms with van der Waals surface area (Å²) in [7, 11) is 0. The molecule has 0 aromatic carbocycles. The Labute approximate surface area is 197 Å². The Kier molecular flexibility index (Phi) is 5.65. The third kappa shape index (κ3) is 4.55. The SMILES string of the molecule is O=C(NC1CC1)N1CC=C(c2c[nH]c3ncc(-c4ccc(CN5CCNCC5)s4)cc23)CC1. The van der Waals surface area contributed by atoms with Crippen LogP contribution >= 0.6 is 11.3 Å². The highest BCUT2D eigenvalue weighted by Gasteiger charge is 2.27. The summed E-state index contributed by atoms with van der Waals surface area (Å²) in [6, 6.07) is 7.23. The van der Waals surface area contributed by atoms with Crippen molar-refractivity contribution < 1.29 is 4.79 Å².